The summed E-state index contributed by atoms with van der Waals surface area (Å²) in [4.78, 5) is 30.8. The number of carbonyl (C=O) groups is 2. The molecule has 0 unspecified atom stereocenters. The van der Waals surface area contributed by atoms with Crippen molar-refractivity contribution in [1.82, 2.24) is 4.90 Å². The summed E-state index contributed by atoms with van der Waals surface area (Å²) in [6.45, 7) is 0.906. The first-order chi connectivity index (χ1) is 11.1. The van der Waals surface area contributed by atoms with E-state index in [1.54, 1.807) is 24.3 Å². The molecule has 2 heterocycles. The predicted octanol–water partition coefficient (Wildman–Crippen LogP) is 3.09. The Balaban J connectivity index is 1.67. The number of rotatable bonds is 2. The molecular formula is C18H13BrN2O2. The molecule has 0 bridgehead atoms. The van der Waals surface area contributed by atoms with E-state index in [1.165, 1.54) is 10.5 Å². The van der Waals surface area contributed by atoms with Gasteiger partial charge in [0.1, 0.15) is 0 Å². The molecule has 23 heavy (non-hydrogen) atoms. The first-order valence-electron chi connectivity index (χ1n) is 7.42. The summed E-state index contributed by atoms with van der Waals surface area (Å²) in [5.74, 6) is -0.477. The summed E-state index contributed by atoms with van der Waals surface area (Å²) in [5.41, 5.74) is 3.97. The summed E-state index contributed by atoms with van der Waals surface area (Å²) in [7, 11) is 0. The Bertz CT molecular complexity index is 838. The molecule has 0 N–H and O–H groups in total. The van der Waals surface area contributed by atoms with Crippen LogP contribution < -0.4 is 0 Å². The highest BCUT2D eigenvalue weighted by Gasteiger charge is 2.36. The zero-order valence-electron chi connectivity index (χ0n) is 12.3. The Hall–Kier alpha value is -2.27. The maximum Gasteiger partial charge on any atom is 0.261 e. The molecule has 0 aliphatic carbocycles. The van der Waals surface area contributed by atoms with Crippen LogP contribution in [0.15, 0.2) is 51.9 Å². The van der Waals surface area contributed by atoms with Gasteiger partial charge in [-0.1, -0.05) is 34.1 Å². The van der Waals surface area contributed by atoms with Crippen LogP contribution in [0.3, 0.4) is 0 Å². The minimum absolute atomic E-state index is 0.223. The number of amides is 2. The number of benzene rings is 2. The standard InChI is InChI=1S/C18H13BrN2O2/c19-12-5-6-13-11(9-12)7-8-20-16(13)10-21-17(22)14-3-1-2-4-15(14)18(21)23/h1-6,9H,7-8,10H2. The Kier molecular flexibility index (Phi) is 3.38. The van der Waals surface area contributed by atoms with Crippen molar-refractivity contribution in [2.24, 2.45) is 4.99 Å². The van der Waals surface area contributed by atoms with E-state index in [-0.39, 0.29) is 18.4 Å². The number of hydrogen-bond acceptors (Lipinski definition) is 3. The summed E-state index contributed by atoms with van der Waals surface area (Å²) < 4.78 is 1.03. The van der Waals surface area contributed by atoms with E-state index in [2.05, 4.69) is 27.0 Å². The van der Waals surface area contributed by atoms with Gasteiger partial charge in [-0.15, -0.1) is 0 Å². The van der Waals surface area contributed by atoms with Crippen LogP contribution in [0.2, 0.25) is 0 Å². The lowest BCUT2D eigenvalue weighted by Gasteiger charge is -2.21. The Morgan fingerprint density at radius 2 is 1.70 bits per heavy atom. The average molecular weight is 369 g/mol. The molecule has 5 heteroatoms. The fourth-order valence-corrected chi connectivity index (χ4v) is 3.52. The monoisotopic (exact) mass is 368 g/mol. The highest BCUT2D eigenvalue weighted by molar-refractivity contribution is 9.10. The SMILES string of the molecule is O=C1c2ccccc2C(=O)N1CC1=NCCc2cc(Br)ccc21. The van der Waals surface area contributed by atoms with Gasteiger partial charge in [0, 0.05) is 16.6 Å². The number of nitrogens with zero attached hydrogens (tertiary/aromatic N) is 2. The van der Waals surface area contributed by atoms with Crippen molar-refractivity contribution in [3.8, 4) is 0 Å². The fraction of sp³-hybridized carbons (Fsp3) is 0.167. The Morgan fingerprint density at radius 3 is 2.39 bits per heavy atom. The zero-order valence-corrected chi connectivity index (χ0v) is 13.8. The van der Waals surface area contributed by atoms with E-state index in [1.807, 2.05) is 12.1 Å². The lowest BCUT2D eigenvalue weighted by Crippen LogP contribution is -2.36. The average Bonchev–Trinajstić information content (AvgIpc) is 2.80. The summed E-state index contributed by atoms with van der Waals surface area (Å²) in [6, 6.07) is 13.0. The smallest absolute Gasteiger partial charge is 0.261 e. The number of carbonyl (C=O) groups excluding carboxylic acids is 2. The van der Waals surface area contributed by atoms with Crippen LogP contribution in [0.25, 0.3) is 0 Å². The van der Waals surface area contributed by atoms with Crippen LogP contribution in [0.1, 0.15) is 31.8 Å². The second kappa shape index (κ2) is 5.42. The molecule has 2 aliphatic heterocycles. The van der Waals surface area contributed by atoms with Gasteiger partial charge in [0.05, 0.1) is 23.4 Å². The van der Waals surface area contributed by atoms with Gasteiger partial charge in [0.25, 0.3) is 11.8 Å². The fourth-order valence-electron chi connectivity index (χ4n) is 3.11. The van der Waals surface area contributed by atoms with E-state index in [9.17, 15) is 9.59 Å². The van der Waals surface area contributed by atoms with Gasteiger partial charge in [-0.25, -0.2) is 0 Å². The molecule has 114 valence electrons. The molecule has 2 amide bonds. The molecule has 4 rings (SSSR count). The molecule has 2 aliphatic rings. The van der Waals surface area contributed by atoms with Gasteiger partial charge in [-0.2, -0.15) is 0 Å². The van der Waals surface area contributed by atoms with Crippen LogP contribution in [0.4, 0.5) is 0 Å². The highest BCUT2D eigenvalue weighted by Crippen LogP contribution is 2.25. The number of fused-ring (bicyclic) bond motifs is 2. The van der Waals surface area contributed by atoms with E-state index < -0.39 is 0 Å². The van der Waals surface area contributed by atoms with Gasteiger partial charge in [-0.05, 0) is 36.2 Å². The third-order valence-corrected chi connectivity index (χ3v) is 4.74. The molecule has 2 aromatic rings. The molecule has 0 saturated carbocycles. The van der Waals surface area contributed by atoms with E-state index in [4.69, 9.17) is 0 Å². The second-order valence-corrected chi connectivity index (χ2v) is 6.54. The predicted molar refractivity (Wildman–Crippen MR) is 91.1 cm³/mol. The zero-order chi connectivity index (χ0) is 16.0. The molecule has 0 aromatic heterocycles. The third-order valence-electron chi connectivity index (χ3n) is 4.25. The quantitative estimate of drug-likeness (QED) is 0.764. The molecule has 4 nitrogen and oxygen atoms in total. The van der Waals surface area contributed by atoms with Crippen molar-refractivity contribution in [1.29, 1.82) is 0 Å². The Labute approximate surface area is 142 Å². The maximum atomic E-state index is 12.5. The molecule has 2 aromatic carbocycles. The van der Waals surface area contributed by atoms with Crippen LogP contribution in [-0.4, -0.2) is 35.5 Å². The van der Waals surface area contributed by atoms with Gasteiger partial charge >= 0.3 is 0 Å². The first kappa shape index (κ1) is 14.3. The summed E-state index contributed by atoms with van der Waals surface area (Å²) in [6.07, 6.45) is 0.875. The van der Waals surface area contributed by atoms with Gasteiger partial charge in [0.2, 0.25) is 0 Å². The lowest BCUT2D eigenvalue weighted by atomic mass is 9.97. The normalized spacial score (nSPS) is 16.2. The molecule has 0 radical (unpaired) electrons. The van der Waals surface area contributed by atoms with Gasteiger partial charge < -0.3 is 0 Å². The molecule has 0 fully saturated rings. The summed E-state index contributed by atoms with van der Waals surface area (Å²) in [5, 5.41) is 0. The highest BCUT2D eigenvalue weighted by atomic mass is 79.9. The minimum atomic E-state index is -0.238. The van der Waals surface area contributed by atoms with Crippen molar-refractivity contribution < 1.29 is 9.59 Å². The summed E-state index contributed by atoms with van der Waals surface area (Å²) >= 11 is 3.48. The van der Waals surface area contributed by atoms with Crippen molar-refractivity contribution in [2.75, 3.05) is 13.1 Å². The van der Waals surface area contributed by atoms with Crippen molar-refractivity contribution in [3.63, 3.8) is 0 Å². The largest absolute Gasteiger partial charge is 0.287 e. The number of aliphatic imine (C=N–C) groups is 1. The van der Waals surface area contributed by atoms with Gasteiger partial charge in [0.15, 0.2) is 0 Å². The van der Waals surface area contributed by atoms with Crippen molar-refractivity contribution in [2.45, 2.75) is 6.42 Å². The van der Waals surface area contributed by atoms with Crippen LogP contribution in [0.5, 0.6) is 0 Å². The van der Waals surface area contributed by atoms with E-state index in [0.29, 0.717) is 17.7 Å². The van der Waals surface area contributed by atoms with Crippen LogP contribution in [0, 0.1) is 0 Å². The molecule has 0 spiro atoms. The third kappa shape index (κ3) is 2.32. The molecule has 0 atom stereocenters. The van der Waals surface area contributed by atoms with Crippen molar-refractivity contribution in [3.05, 3.63) is 69.2 Å². The van der Waals surface area contributed by atoms with Crippen LogP contribution in [-0.2, 0) is 6.42 Å². The maximum absolute atomic E-state index is 12.5. The van der Waals surface area contributed by atoms with Gasteiger partial charge in [-0.3, -0.25) is 19.5 Å². The van der Waals surface area contributed by atoms with Crippen LogP contribution >= 0.6 is 15.9 Å². The number of halogens is 1. The van der Waals surface area contributed by atoms with E-state index in [0.717, 1.165) is 22.2 Å². The Morgan fingerprint density at radius 1 is 1.00 bits per heavy atom. The number of imide groups is 1. The number of hydrogen-bond donors (Lipinski definition) is 0. The van der Waals surface area contributed by atoms with Crippen molar-refractivity contribution >= 4 is 33.5 Å². The second-order valence-electron chi connectivity index (χ2n) is 5.62. The van der Waals surface area contributed by atoms with E-state index >= 15 is 0 Å². The molecular weight excluding hydrogens is 356 g/mol. The first-order valence-corrected chi connectivity index (χ1v) is 8.22. The molecule has 0 saturated heterocycles. The lowest BCUT2D eigenvalue weighted by molar-refractivity contribution is 0.0677. The topological polar surface area (TPSA) is 49.7 Å². The minimum Gasteiger partial charge on any atom is -0.287 e.